The summed E-state index contributed by atoms with van der Waals surface area (Å²) in [6, 6.07) is 5.01. The lowest BCUT2D eigenvalue weighted by Gasteiger charge is -1.99. The highest BCUT2D eigenvalue weighted by atomic mass is 16.4. The molecule has 2 aromatic rings. The first kappa shape index (κ1) is 11.4. The molecule has 0 unspecified atom stereocenters. The smallest absolute Gasteiger partial charge is 0.371 e. The van der Waals surface area contributed by atoms with Gasteiger partial charge >= 0.3 is 5.97 Å². The Morgan fingerprint density at radius 2 is 2.29 bits per heavy atom. The number of carbonyl (C=O) groups is 1. The Balaban J connectivity index is 1.83. The minimum Gasteiger partial charge on any atom is -0.475 e. The third-order valence-electron chi connectivity index (χ3n) is 2.25. The molecule has 17 heavy (non-hydrogen) atoms. The van der Waals surface area contributed by atoms with Crippen molar-refractivity contribution in [1.82, 2.24) is 15.1 Å². The van der Waals surface area contributed by atoms with E-state index in [0.717, 1.165) is 5.69 Å². The Morgan fingerprint density at radius 3 is 2.88 bits per heavy atom. The Hall–Kier alpha value is -2.08. The zero-order valence-electron chi connectivity index (χ0n) is 9.38. The second kappa shape index (κ2) is 4.84. The van der Waals surface area contributed by atoms with Crippen LogP contribution in [0, 0.1) is 0 Å². The van der Waals surface area contributed by atoms with Gasteiger partial charge in [0.1, 0.15) is 5.76 Å². The molecule has 2 rings (SSSR count). The van der Waals surface area contributed by atoms with Gasteiger partial charge in [-0.3, -0.25) is 4.68 Å². The topological polar surface area (TPSA) is 80.3 Å². The molecule has 2 N–H and O–H groups in total. The molecule has 0 amide bonds. The van der Waals surface area contributed by atoms with E-state index in [4.69, 9.17) is 9.52 Å². The van der Waals surface area contributed by atoms with Crippen molar-refractivity contribution >= 4 is 5.97 Å². The molecule has 0 saturated carbocycles. The van der Waals surface area contributed by atoms with Crippen molar-refractivity contribution in [2.45, 2.75) is 13.1 Å². The number of hydrogen-bond donors (Lipinski definition) is 2. The van der Waals surface area contributed by atoms with Crippen LogP contribution in [0.5, 0.6) is 0 Å². The summed E-state index contributed by atoms with van der Waals surface area (Å²) in [6.45, 7) is 1.09. The molecule has 0 aliphatic rings. The molecular weight excluding hydrogens is 222 g/mol. The van der Waals surface area contributed by atoms with Crippen LogP contribution in [-0.4, -0.2) is 20.9 Å². The standard InChI is InChI=1S/C11H13N3O3/c1-14-5-4-8(13-14)6-12-7-9-2-3-10(17-9)11(15)16/h2-5,12H,6-7H2,1H3,(H,15,16). The predicted octanol–water partition coefficient (Wildman–Crippen LogP) is 1.00. The van der Waals surface area contributed by atoms with E-state index < -0.39 is 5.97 Å². The van der Waals surface area contributed by atoms with Crippen molar-refractivity contribution in [3.05, 3.63) is 41.6 Å². The SMILES string of the molecule is Cn1ccc(CNCc2ccc(C(=O)O)o2)n1. The molecule has 0 spiro atoms. The number of carboxylic acid groups (broad SMARTS) is 1. The zero-order valence-corrected chi connectivity index (χ0v) is 9.38. The minimum absolute atomic E-state index is 0.0420. The first-order chi connectivity index (χ1) is 8.15. The molecule has 0 fully saturated rings. The first-order valence-electron chi connectivity index (χ1n) is 5.16. The lowest BCUT2D eigenvalue weighted by molar-refractivity contribution is 0.0660. The molecule has 0 radical (unpaired) electrons. The zero-order chi connectivity index (χ0) is 12.3. The van der Waals surface area contributed by atoms with E-state index in [1.807, 2.05) is 19.3 Å². The van der Waals surface area contributed by atoms with Crippen molar-refractivity contribution < 1.29 is 14.3 Å². The number of hydrogen-bond acceptors (Lipinski definition) is 4. The van der Waals surface area contributed by atoms with Gasteiger partial charge in [0.25, 0.3) is 0 Å². The molecule has 0 atom stereocenters. The number of carboxylic acids is 1. The third kappa shape index (κ3) is 2.94. The Labute approximate surface area is 97.9 Å². The van der Waals surface area contributed by atoms with Crippen LogP contribution >= 0.6 is 0 Å². The van der Waals surface area contributed by atoms with Crippen molar-refractivity contribution in [2.75, 3.05) is 0 Å². The molecular formula is C11H13N3O3. The number of aryl methyl sites for hydroxylation is 1. The lowest BCUT2D eigenvalue weighted by atomic mass is 10.4. The fourth-order valence-electron chi connectivity index (χ4n) is 1.46. The largest absolute Gasteiger partial charge is 0.475 e. The molecule has 6 nitrogen and oxygen atoms in total. The molecule has 0 aliphatic carbocycles. The van der Waals surface area contributed by atoms with Gasteiger partial charge in [0.15, 0.2) is 0 Å². The van der Waals surface area contributed by atoms with Gasteiger partial charge in [-0.15, -0.1) is 0 Å². The number of nitrogens with one attached hydrogen (secondary N) is 1. The van der Waals surface area contributed by atoms with Gasteiger partial charge in [0, 0.05) is 19.8 Å². The highest BCUT2D eigenvalue weighted by Gasteiger charge is 2.08. The summed E-state index contributed by atoms with van der Waals surface area (Å²) >= 11 is 0. The van der Waals surface area contributed by atoms with Crippen LogP contribution in [0.1, 0.15) is 22.0 Å². The van der Waals surface area contributed by atoms with Gasteiger partial charge in [0.05, 0.1) is 12.2 Å². The van der Waals surface area contributed by atoms with Gasteiger partial charge in [-0.05, 0) is 18.2 Å². The second-order valence-corrected chi connectivity index (χ2v) is 3.66. The summed E-state index contributed by atoms with van der Waals surface area (Å²) in [5.41, 5.74) is 0.928. The summed E-state index contributed by atoms with van der Waals surface area (Å²) in [6.07, 6.45) is 1.87. The summed E-state index contributed by atoms with van der Waals surface area (Å²) in [7, 11) is 1.86. The molecule has 0 saturated heterocycles. The van der Waals surface area contributed by atoms with Crippen molar-refractivity contribution in [3.63, 3.8) is 0 Å². The lowest BCUT2D eigenvalue weighted by Crippen LogP contribution is -2.12. The molecule has 6 heteroatoms. The van der Waals surface area contributed by atoms with Crippen LogP contribution in [0.15, 0.2) is 28.8 Å². The Kier molecular flexibility index (Phi) is 3.24. The van der Waals surface area contributed by atoms with E-state index in [0.29, 0.717) is 18.8 Å². The van der Waals surface area contributed by atoms with Gasteiger partial charge in [-0.25, -0.2) is 4.79 Å². The van der Waals surface area contributed by atoms with Crippen LogP contribution in [0.3, 0.4) is 0 Å². The molecule has 0 bridgehead atoms. The molecule has 2 aromatic heterocycles. The van der Waals surface area contributed by atoms with E-state index in [9.17, 15) is 4.79 Å². The Morgan fingerprint density at radius 1 is 1.47 bits per heavy atom. The number of aromatic carboxylic acids is 1. The predicted molar refractivity (Wildman–Crippen MR) is 59.4 cm³/mol. The highest BCUT2D eigenvalue weighted by molar-refractivity contribution is 5.84. The maximum atomic E-state index is 10.6. The minimum atomic E-state index is -1.05. The summed E-state index contributed by atoms with van der Waals surface area (Å²) in [5.74, 6) is -0.501. The fraction of sp³-hybridized carbons (Fsp3) is 0.273. The quantitative estimate of drug-likeness (QED) is 0.808. The Bertz CT molecular complexity index is 516. The average molecular weight is 235 g/mol. The van der Waals surface area contributed by atoms with Crippen LogP contribution in [-0.2, 0) is 20.1 Å². The molecule has 2 heterocycles. The monoisotopic (exact) mass is 235 g/mol. The third-order valence-corrected chi connectivity index (χ3v) is 2.25. The number of rotatable bonds is 5. The summed E-state index contributed by atoms with van der Waals surface area (Å²) in [5, 5.41) is 16.0. The maximum Gasteiger partial charge on any atom is 0.371 e. The summed E-state index contributed by atoms with van der Waals surface area (Å²) < 4.78 is 6.83. The first-order valence-corrected chi connectivity index (χ1v) is 5.16. The van der Waals surface area contributed by atoms with E-state index in [1.165, 1.54) is 6.07 Å². The van der Waals surface area contributed by atoms with E-state index in [-0.39, 0.29) is 5.76 Å². The second-order valence-electron chi connectivity index (χ2n) is 3.66. The van der Waals surface area contributed by atoms with Crippen LogP contribution in [0.4, 0.5) is 0 Å². The van der Waals surface area contributed by atoms with E-state index in [2.05, 4.69) is 10.4 Å². The van der Waals surface area contributed by atoms with Crippen molar-refractivity contribution in [1.29, 1.82) is 0 Å². The van der Waals surface area contributed by atoms with Gasteiger partial charge in [0.2, 0.25) is 5.76 Å². The average Bonchev–Trinajstić information content (AvgIpc) is 2.88. The van der Waals surface area contributed by atoms with Gasteiger partial charge in [-0.2, -0.15) is 5.10 Å². The van der Waals surface area contributed by atoms with Crippen molar-refractivity contribution in [3.8, 4) is 0 Å². The molecule has 90 valence electrons. The van der Waals surface area contributed by atoms with E-state index >= 15 is 0 Å². The maximum absolute atomic E-state index is 10.6. The highest BCUT2D eigenvalue weighted by Crippen LogP contribution is 2.07. The van der Waals surface area contributed by atoms with Gasteiger partial charge in [-0.1, -0.05) is 0 Å². The van der Waals surface area contributed by atoms with Crippen LogP contribution in [0.2, 0.25) is 0 Å². The molecule has 0 aromatic carbocycles. The van der Waals surface area contributed by atoms with Crippen LogP contribution in [0.25, 0.3) is 0 Å². The fourth-order valence-corrected chi connectivity index (χ4v) is 1.46. The van der Waals surface area contributed by atoms with E-state index in [1.54, 1.807) is 10.7 Å². The number of nitrogens with zero attached hydrogens (tertiary/aromatic N) is 2. The van der Waals surface area contributed by atoms with Crippen molar-refractivity contribution in [2.24, 2.45) is 7.05 Å². The molecule has 0 aliphatic heterocycles. The normalized spacial score (nSPS) is 10.6. The van der Waals surface area contributed by atoms with Gasteiger partial charge < -0.3 is 14.8 Å². The number of aromatic nitrogens is 2. The number of furan rings is 1. The van der Waals surface area contributed by atoms with Crippen LogP contribution < -0.4 is 5.32 Å². The summed E-state index contributed by atoms with van der Waals surface area (Å²) in [4.78, 5) is 10.6.